The summed E-state index contributed by atoms with van der Waals surface area (Å²) in [5.74, 6) is -0.246. The highest BCUT2D eigenvalue weighted by Crippen LogP contribution is 2.07. The van der Waals surface area contributed by atoms with Gasteiger partial charge in [-0.3, -0.25) is 0 Å². The van der Waals surface area contributed by atoms with Crippen molar-refractivity contribution < 1.29 is 16.8 Å². The molecule has 0 saturated carbocycles. The van der Waals surface area contributed by atoms with Crippen LogP contribution >= 0.6 is 0 Å². The number of sulfone groups is 1. The van der Waals surface area contributed by atoms with Crippen LogP contribution in [0.5, 0.6) is 0 Å². The number of sulfonamides is 1. The van der Waals surface area contributed by atoms with Crippen molar-refractivity contribution in [3.05, 3.63) is 35.4 Å². The molecule has 0 saturated heterocycles. The summed E-state index contributed by atoms with van der Waals surface area (Å²) in [7, 11) is -6.57. The summed E-state index contributed by atoms with van der Waals surface area (Å²) in [4.78, 5) is 0. The maximum Gasteiger partial charge on any atom is 0.215 e. The second kappa shape index (κ2) is 6.83. The fourth-order valence-electron chi connectivity index (χ4n) is 1.51. The number of benzene rings is 1. The number of rotatable bonds is 7. The SMILES string of the molecule is CS(=O)(=O)CCCNS(=O)(=O)Cc1ccc(C#N)cc1. The van der Waals surface area contributed by atoms with E-state index >= 15 is 0 Å². The Morgan fingerprint density at radius 2 is 1.75 bits per heavy atom. The van der Waals surface area contributed by atoms with Crippen molar-refractivity contribution >= 4 is 19.9 Å². The maximum atomic E-state index is 11.8. The highest BCUT2D eigenvalue weighted by atomic mass is 32.2. The molecule has 1 N–H and O–H groups in total. The molecule has 6 nitrogen and oxygen atoms in total. The fourth-order valence-corrected chi connectivity index (χ4v) is 3.37. The standard InChI is InChI=1S/C12H16N2O4S2/c1-19(15,16)8-2-7-14-20(17,18)10-12-5-3-11(9-13)4-6-12/h3-6,14H,2,7-8,10H2,1H3. The molecule has 0 amide bonds. The van der Waals surface area contributed by atoms with Gasteiger partial charge < -0.3 is 0 Å². The molecular formula is C12H16N2O4S2. The lowest BCUT2D eigenvalue weighted by Gasteiger charge is -2.06. The van der Waals surface area contributed by atoms with E-state index in [2.05, 4.69) is 4.72 Å². The zero-order valence-electron chi connectivity index (χ0n) is 11.0. The van der Waals surface area contributed by atoms with E-state index < -0.39 is 19.9 Å². The molecule has 0 bridgehead atoms. The lowest BCUT2D eigenvalue weighted by Crippen LogP contribution is -2.27. The first kappa shape index (κ1) is 16.6. The van der Waals surface area contributed by atoms with Crippen LogP contribution in [-0.4, -0.2) is 35.4 Å². The van der Waals surface area contributed by atoms with Crippen molar-refractivity contribution in [2.24, 2.45) is 0 Å². The minimum absolute atomic E-state index is 0.0492. The Bertz CT molecular complexity index is 686. The monoisotopic (exact) mass is 316 g/mol. The van der Waals surface area contributed by atoms with E-state index in [0.717, 1.165) is 6.26 Å². The van der Waals surface area contributed by atoms with Gasteiger partial charge in [-0.1, -0.05) is 12.1 Å². The Kier molecular flexibility index (Phi) is 5.68. The van der Waals surface area contributed by atoms with Crippen LogP contribution in [0.25, 0.3) is 0 Å². The summed E-state index contributed by atoms with van der Waals surface area (Å²) >= 11 is 0. The van der Waals surface area contributed by atoms with Crippen molar-refractivity contribution in [2.45, 2.75) is 12.2 Å². The summed E-state index contributed by atoms with van der Waals surface area (Å²) in [5, 5.41) is 8.64. The van der Waals surface area contributed by atoms with Crippen LogP contribution in [0.15, 0.2) is 24.3 Å². The van der Waals surface area contributed by atoms with Crippen LogP contribution < -0.4 is 4.72 Å². The highest BCUT2D eigenvalue weighted by molar-refractivity contribution is 7.90. The number of nitrogens with one attached hydrogen (secondary N) is 1. The molecule has 0 spiro atoms. The van der Waals surface area contributed by atoms with E-state index in [1.807, 2.05) is 6.07 Å². The van der Waals surface area contributed by atoms with Gasteiger partial charge in [0, 0.05) is 12.8 Å². The second-order valence-electron chi connectivity index (χ2n) is 4.45. The molecule has 1 aromatic rings. The Hall–Kier alpha value is -1.43. The van der Waals surface area contributed by atoms with E-state index in [-0.39, 0.29) is 24.5 Å². The third-order valence-corrected chi connectivity index (χ3v) is 4.84. The van der Waals surface area contributed by atoms with Gasteiger partial charge >= 0.3 is 0 Å². The lowest BCUT2D eigenvalue weighted by atomic mass is 10.2. The minimum Gasteiger partial charge on any atom is -0.229 e. The average molecular weight is 316 g/mol. The van der Waals surface area contributed by atoms with E-state index in [1.165, 1.54) is 0 Å². The molecule has 0 atom stereocenters. The molecule has 0 aliphatic heterocycles. The molecular weight excluding hydrogens is 300 g/mol. The molecule has 0 aliphatic rings. The van der Waals surface area contributed by atoms with Gasteiger partial charge in [0.1, 0.15) is 9.84 Å². The predicted molar refractivity (Wildman–Crippen MR) is 76.1 cm³/mol. The normalized spacial score (nSPS) is 12.0. The van der Waals surface area contributed by atoms with Crippen LogP contribution in [0.4, 0.5) is 0 Å². The molecule has 8 heteroatoms. The third-order valence-electron chi connectivity index (χ3n) is 2.45. The Balaban J connectivity index is 2.51. The smallest absolute Gasteiger partial charge is 0.215 e. The first-order valence-corrected chi connectivity index (χ1v) is 9.57. The molecule has 0 fully saturated rings. The quantitative estimate of drug-likeness (QED) is 0.734. The Morgan fingerprint density at radius 1 is 1.15 bits per heavy atom. The summed E-state index contributed by atoms with van der Waals surface area (Å²) in [6.45, 7) is 0.0890. The molecule has 0 aromatic heterocycles. The first-order chi connectivity index (χ1) is 9.22. The van der Waals surface area contributed by atoms with Crippen molar-refractivity contribution in [3.63, 3.8) is 0 Å². The zero-order valence-corrected chi connectivity index (χ0v) is 12.7. The van der Waals surface area contributed by atoms with E-state index in [1.54, 1.807) is 24.3 Å². The topological polar surface area (TPSA) is 104 Å². The van der Waals surface area contributed by atoms with Gasteiger partial charge in [-0.25, -0.2) is 21.6 Å². The second-order valence-corrected chi connectivity index (χ2v) is 8.51. The number of nitrogens with zero attached hydrogens (tertiary/aromatic N) is 1. The van der Waals surface area contributed by atoms with E-state index in [0.29, 0.717) is 11.1 Å². The number of nitriles is 1. The largest absolute Gasteiger partial charge is 0.229 e. The maximum absolute atomic E-state index is 11.8. The van der Waals surface area contributed by atoms with Crippen LogP contribution in [0.3, 0.4) is 0 Å². The van der Waals surface area contributed by atoms with Crippen molar-refractivity contribution in [3.8, 4) is 6.07 Å². The van der Waals surface area contributed by atoms with Crippen LogP contribution in [0.2, 0.25) is 0 Å². The van der Waals surface area contributed by atoms with Crippen molar-refractivity contribution in [1.82, 2.24) is 4.72 Å². The molecule has 20 heavy (non-hydrogen) atoms. The van der Waals surface area contributed by atoms with Crippen LogP contribution in [-0.2, 0) is 25.6 Å². The van der Waals surface area contributed by atoms with Gasteiger partial charge in [-0.05, 0) is 24.1 Å². The van der Waals surface area contributed by atoms with Crippen molar-refractivity contribution in [2.75, 3.05) is 18.6 Å². The van der Waals surface area contributed by atoms with E-state index in [4.69, 9.17) is 5.26 Å². The molecule has 0 radical (unpaired) electrons. The minimum atomic E-state index is -3.50. The molecule has 0 aliphatic carbocycles. The molecule has 0 heterocycles. The van der Waals surface area contributed by atoms with Gasteiger partial charge in [0.15, 0.2) is 0 Å². The summed E-state index contributed by atoms with van der Waals surface area (Å²) in [6.07, 6.45) is 1.35. The van der Waals surface area contributed by atoms with Crippen LogP contribution in [0, 0.1) is 11.3 Å². The Labute approximate surface area is 119 Å². The molecule has 1 rings (SSSR count). The zero-order chi connectivity index (χ0) is 15.2. The fraction of sp³-hybridized carbons (Fsp3) is 0.417. The number of hydrogen-bond acceptors (Lipinski definition) is 5. The van der Waals surface area contributed by atoms with E-state index in [9.17, 15) is 16.8 Å². The van der Waals surface area contributed by atoms with Gasteiger partial charge in [0.25, 0.3) is 0 Å². The summed E-state index contributed by atoms with van der Waals surface area (Å²) in [5.41, 5.74) is 1.03. The summed E-state index contributed by atoms with van der Waals surface area (Å²) in [6, 6.07) is 8.21. The summed E-state index contributed by atoms with van der Waals surface area (Å²) < 4.78 is 47.7. The Morgan fingerprint density at radius 3 is 2.25 bits per heavy atom. The van der Waals surface area contributed by atoms with Gasteiger partial charge in [0.05, 0.1) is 23.1 Å². The van der Waals surface area contributed by atoms with Gasteiger partial charge in [0.2, 0.25) is 10.0 Å². The van der Waals surface area contributed by atoms with Crippen molar-refractivity contribution in [1.29, 1.82) is 5.26 Å². The molecule has 110 valence electrons. The third kappa shape index (κ3) is 6.65. The average Bonchev–Trinajstić information content (AvgIpc) is 2.34. The number of hydrogen-bond donors (Lipinski definition) is 1. The molecule has 0 unspecified atom stereocenters. The lowest BCUT2D eigenvalue weighted by molar-refractivity contribution is 0.576. The van der Waals surface area contributed by atoms with Gasteiger partial charge in [-0.2, -0.15) is 5.26 Å². The van der Waals surface area contributed by atoms with Crippen LogP contribution in [0.1, 0.15) is 17.5 Å². The predicted octanol–water partition coefficient (Wildman–Crippen LogP) is 0.412. The van der Waals surface area contributed by atoms with Gasteiger partial charge in [-0.15, -0.1) is 0 Å². The highest BCUT2D eigenvalue weighted by Gasteiger charge is 2.11. The first-order valence-electron chi connectivity index (χ1n) is 5.86. The molecule has 1 aromatic carbocycles.